The van der Waals surface area contributed by atoms with Crippen LogP contribution in [0.15, 0.2) is 59.4 Å². The number of nitrogens with two attached hydrogens (primary N) is 1. The number of hydrogen-bond donors (Lipinski definition) is 2. The summed E-state index contributed by atoms with van der Waals surface area (Å²) in [6.45, 7) is -0.764. The Hall–Kier alpha value is -3.33. The lowest BCUT2D eigenvalue weighted by molar-refractivity contribution is 0.0125. The van der Waals surface area contributed by atoms with E-state index in [1.807, 2.05) is 0 Å². The molecule has 0 radical (unpaired) electrons. The molecular weight excluding hydrogens is 413 g/mol. The van der Waals surface area contributed by atoms with Crippen LogP contribution >= 0.6 is 7.60 Å². The third kappa shape index (κ3) is 4.98. The van der Waals surface area contributed by atoms with Gasteiger partial charge in [0, 0.05) is 6.42 Å². The summed E-state index contributed by atoms with van der Waals surface area (Å²) in [6, 6.07) is 14.5. The fourth-order valence-electron chi connectivity index (χ4n) is 2.58. The molecule has 0 saturated carbocycles. The van der Waals surface area contributed by atoms with Crippen molar-refractivity contribution in [2.45, 2.75) is 6.42 Å². The maximum atomic E-state index is 12.4. The lowest BCUT2D eigenvalue weighted by Gasteiger charge is -2.12. The smallest absolute Gasteiger partial charge is 0.340 e. The summed E-state index contributed by atoms with van der Waals surface area (Å²) in [5.74, 6) is 4.23. The molecule has 2 aromatic carbocycles. The molecule has 0 fully saturated rings. The molecule has 0 spiro atoms. The zero-order valence-corrected chi connectivity index (χ0v) is 16.5. The molecule has 3 aromatic rings. The number of carbonyl (C=O) groups excluding carboxylic acids is 2. The van der Waals surface area contributed by atoms with E-state index in [1.165, 1.54) is 12.1 Å². The highest BCUT2D eigenvalue weighted by Crippen LogP contribution is 2.42. The molecular formula is C19H18N3O7P. The quantitative estimate of drug-likeness (QED) is 0.178. The third-order valence-corrected chi connectivity index (χ3v) is 5.43. The van der Waals surface area contributed by atoms with Crippen LogP contribution in [0.1, 0.15) is 27.3 Å². The van der Waals surface area contributed by atoms with Gasteiger partial charge in [0.15, 0.2) is 11.5 Å². The fourth-order valence-corrected chi connectivity index (χ4v) is 3.41. The highest BCUT2D eigenvalue weighted by Gasteiger charge is 2.24. The van der Waals surface area contributed by atoms with E-state index in [9.17, 15) is 23.8 Å². The van der Waals surface area contributed by atoms with E-state index in [1.54, 1.807) is 42.5 Å². The van der Waals surface area contributed by atoms with Gasteiger partial charge in [-0.2, -0.15) is 0 Å². The second-order valence-electron chi connectivity index (χ2n) is 6.20. The number of nitrogen functional groups attached to an aromatic ring is 1. The van der Waals surface area contributed by atoms with Crippen molar-refractivity contribution in [3.8, 4) is 0 Å². The van der Waals surface area contributed by atoms with Gasteiger partial charge in [-0.1, -0.05) is 30.3 Å². The van der Waals surface area contributed by atoms with E-state index >= 15 is 0 Å². The Bertz CT molecular complexity index is 1190. The monoisotopic (exact) mass is 431 g/mol. The fraction of sp³-hybridized carbons (Fsp3) is 0.158. The Morgan fingerprint density at radius 1 is 1.10 bits per heavy atom. The summed E-state index contributed by atoms with van der Waals surface area (Å²) in [5, 5.41) is 0. The molecule has 30 heavy (non-hydrogen) atoms. The summed E-state index contributed by atoms with van der Waals surface area (Å²) in [7, 11) is -4.26. The average Bonchev–Trinajstić information content (AvgIpc) is 2.75. The van der Waals surface area contributed by atoms with E-state index < -0.39 is 50.0 Å². The third-order valence-electron chi connectivity index (χ3n) is 4.13. The number of ketones is 1. The molecule has 3 rings (SSSR count). The molecule has 0 aliphatic carbocycles. The molecule has 1 aromatic heterocycles. The van der Waals surface area contributed by atoms with Crippen LogP contribution in [0.25, 0.3) is 11.0 Å². The van der Waals surface area contributed by atoms with Gasteiger partial charge in [0.25, 0.3) is 5.56 Å². The number of esters is 1. The van der Waals surface area contributed by atoms with Crippen molar-refractivity contribution in [1.82, 2.24) is 9.66 Å². The van der Waals surface area contributed by atoms with Gasteiger partial charge in [-0.3, -0.25) is 18.7 Å². The highest BCUT2D eigenvalue weighted by atomic mass is 31.2. The molecule has 10 nitrogen and oxygen atoms in total. The van der Waals surface area contributed by atoms with Crippen LogP contribution < -0.4 is 11.4 Å². The summed E-state index contributed by atoms with van der Waals surface area (Å²) < 4.78 is 22.4. The molecule has 0 saturated heterocycles. The van der Waals surface area contributed by atoms with Crippen molar-refractivity contribution in [3.63, 3.8) is 0 Å². The number of benzene rings is 2. The first-order valence-electron chi connectivity index (χ1n) is 8.77. The largest absolute Gasteiger partial charge is 0.434 e. The standard InChI is InChI=1S/C19H18N3O7P/c20-22-15-9-5-4-8-14(15)21-17(18(22)24)16(23)10-11-30(26,27)29-12-28-19(25)13-6-2-1-3-7-13/h1-9H,10-12,20H2,(H,26,27). The van der Waals surface area contributed by atoms with Crippen LogP contribution in [0.5, 0.6) is 0 Å². The van der Waals surface area contributed by atoms with Crippen molar-refractivity contribution in [1.29, 1.82) is 0 Å². The number of carbonyl (C=O) groups is 2. The lowest BCUT2D eigenvalue weighted by Crippen LogP contribution is -2.33. The van der Waals surface area contributed by atoms with Crippen LogP contribution in [-0.2, 0) is 13.8 Å². The SMILES string of the molecule is Nn1c(=O)c(C(=O)CCP(=O)(O)OCOC(=O)c2ccccc2)nc2ccccc21. The summed E-state index contributed by atoms with van der Waals surface area (Å²) >= 11 is 0. The van der Waals surface area contributed by atoms with Gasteiger partial charge >= 0.3 is 13.6 Å². The van der Waals surface area contributed by atoms with Crippen LogP contribution in [0.4, 0.5) is 0 Å². The normalized spacial score (nSPS) is 13.0. The average molecular weight is 431 g/mol. The summed E-state index contributed by atoms with van der Waals surface area (Å²) in [4.78, 5) is 50.3. The van der Waals surface area contributed by atoms with Crippen LogP contribution in [0.3, 0.4) is 0 Å². The van der Waals surface area contributed by atoms with E-state index in [0.29, 0.717) is 11.0 Å². The highest BCUT2D eigenvalue weighted by molar-refractivity contribution is 7.52. The van der Waals surface area contributed by atoms with E-state index in [2.05, 4.69) is 4.98 Å². The topological polar surface area (TPSA) is 151 Å². The molecule has 0 bridgehead atoms. The number of rotatable bonds is 8. The second kappa shape index (κ2) is 9.00. The van der Waals surface area contributed by atoms with Gasteiger partial charge in [0.2, 0.25) is 6.79 Å². The summed E-state index contributed by atoms with van der Waals surface area (Å²) in [5.41, 5.74) is -0.324. The van der Waals surface area contributed by atoms with Gasteiger partial charge in [0.1, 0.15) is 0 Å². The van der Waals surface area contributed by atoms with Gasteiger partial charge in [-0.05, 0) is 24.3 Å². The molecule has 0 aliphatic rings. The zero-order chi connectivity index (χ0) is 21.7. The number of para-hydroxylation sites is 2. The number of ether oxygens (including phenoxy) is 1. The Labute approximate surface area is 170 Å². The molecule has 1 heterocycles. The Morgan fingerprint density at radius 3 is 2.50 bits per heavy atom. The second-order valence-corrected chi connectivity index (χ2v) is 8.18. The van der Waals surface area contributed by atoms with Crippen molar-refractivity contribution in [2.24, 2.45) is 0 Å². The van der Waals surface area contributed by atoms with Crippen molar-refractivity contribution in [2.75, 3.05) is 18.8 Å². The molecule has 3 N–H and O–H groups in total. The van der Waals surface area contributed by atoms with Gasteiger partial charge < -0.3 is 15.5 Å². The number of hydrogen-bond acceptors (Lipinski definition) is 8. The number of Topliss-reactive ketones (excluding diaryl/α,β-unsaturated/α-hetero) is 1. The maximum absolute atomic E-state index is 12.4. The zero-order valence-electron chi connectivity index (χ0n) is 15.6. The predicted octanol–water partition coefficient (Wildman–Crippen LogP) is 1.70. The minimum atomic E-state index is -4.26. The molecule has 0 amide bonds. The van der Waals surface area contributed by atoms with E-state index in [4.69, 9.17) is 15.1 Å². The van der Waals surface area contributed by atoms with Crippen molar-refractivity contribution in [3.05, 3.63) is 76.2 Å². The van der Waals surface area contributed by atoms with E-state index in [-0.39, 0.29) is 5.56 Å². The molecule has 11 heteroatoms. The van der Waals surface area contributed by atoms with Gasteiger partial charge in [0.05, 0.1) is 22.8 Å². The minimum absolute atomic E-state index is 0.254. The minimum Gasteiger partial charge on any atom is -0.434 e. The van der Waals surface area contributed by atoms with Gasteiger partial charge in [-0.25, -0.2) is 14.5 Å². The molecule has 1 unspecified atom stereocenters. The number of aromatic nitrogens is 2. The first-order chi connectivity index (χ1) is 14.3. The maximum Gasteiger partial charge on any atom is 0.340 e. The molecule has 1 atom stereocenters. The molecule has 156 valence electrons. The van der Waals surface area contributed by atoms with Crippen molar-refractivity contribution < 1.29 is 28.3 Å². The molecule has 0 aliphatic heterocycles. The Morgan fingerprint density at radius 2 is 1.77 bits per heavy atom. The van der Waals surface area contributed by atoms with E-state index in [0.717, 1.165) is 4.68 Å². The predicted molar refractivity (Wildman–Crippen MR) is 108 cm³/mol. The number of nitrogens with zero attached hydrogens (tertiary/aromatic N) is 2. The Balaban J connectivity index is 1.59. The van der Waals surface area contributed by atoms with Crippen LogP contribution in [0, 0.1) is 0 Å². The van der Waals surface area contributed by atoms with Crippen LogP contribution in [0.2, 0.25) is 0 Å². The summed E-state index contributed by atoms with van der Waals surface area (Å²) in [6.07, 6.45) is -1.08. The first-order valence-corrected chi connectivity index (χ1v) is 10.5. The Kier molecular flexibility index (Phi) is 6.41. The number of fused-ring (bicyclic) bond motifs is 1. The van der Waals surface area contributed by atoms with Gasteiger partial charge in [-0.15, -0.1) is 0 Å². The van der Waals surface area contributed by atoms with Crippen LogP contribution in [-0.4, -0.2) is 39.3 Å². The first kappa shape index (κ1) is 21.4. The lowest BCUT2D eigenvalue weighted by atomic mass is 10.2. The van der Waals surface area contributed by atoms with Crippen molar-refractivity contribution >= 4 is 30.4 Å².